The molecule has 1 unspecified atom stereocenters. The first kappa shape index (κ1) is 80.1. The molecule has 0 aromatic heterocycles. The van der Waals surface area contributed by atoms with Gasteiger partial charge >= 0.3 is 17.9 Å². The fraction of sp³-hybridized carbons (Fsp3) is 0.831. The second-order valence-corrected chi connectivity index (χ2v) is 24.8. The highest BCUT2D eigenvalue weighted by Gasteiger charge is 2.19. The van der Waals surface area contributed by atoms with Gasteiger partial charge in [0.1, 0.15) is 13.2 Å². The van der Waals surface area contributed by atoms with Gasteiger partial charge in [-0.05, 0) is 83.5 Å². The molecule has 83 heavy (non-hydrogen) atoms. The molecular weight excluding hydrogens is 1020 g/mol. The van der Waals surface area contributed by atoms with Gasteiger partial charge in [0.05, 0.1) is 0 Å². The van der Waals surface area contributed by atoms with Crippen LogP contribution in [0.3, 0.4) is 0 Å². The summed E-state index contributed by atoms with van der Waals surface area (Å²) in [5.41, 5.74) is 0. The summed E-state index contributed by atoms with van der Waals surface area (Å²) in [6, 6.07) is 0. The van der Waals surface area contributed by atoms with Crippen molar-refractivity contribution in [3.63, 3.8) is 0 Å². The second kappa shape index (κ2) is 71.6. The molecule has 0 bridgehead atoms. The fourth-order valence-corrected chi connectivity index (χ4v) is 11.0. The quantitative estimate of drug-likeness (QED) is 0.0261. The summed E-state index contributed by atoms with van der Waals surface area (Å²) in [4.78, 5) is 38.5. The minimum atomic E-state index is -0.792. The average Bonchev–Trinajstić information content (AvgIpc) is 3.49. The van der Waals surface area contributed by atoms with E-state index < -0.39 is 6.10 Å². The summed E-state index contributed by atoms with van der Waals surface area (Å²) in [7, 11) is 0. The van der Waals surface area contributed by atoms with E-state index >= 15 is 0 Å². The highest BCUT2D eigenvalue weighted by atomic mass is 16.6. The number of rotatable bonds is 68. The van der Waals surface area contributed by atoms with Crippen LogP contribution in [0.4, 0.5) is 0 Å². The van der Waals surface area contributed by atoms with E-state index in [1.807, 2.05) is 0 Å². The minimum absolute atomic E-state index is 0.0837. The molecule has 0 spiro atoms. The van der Waals surface area contributed by atoms with Crippen LogP contribution >= 0.6 is 0 Å². The first-order valence-electron chi connectivity index (χ1n) is 36.8. The molecule has 0 amide bonds. The van der Waals surface area contributed by atoms with E-state index in [4.69, 9.17) is 14.2 Å². The minimum Gasteiger partial charge on any atom is -0.462 e. The fourth-order valence-electron chi connectivity index (χ4n) is 11.0. The molecule has 484 valence electrons. The summed E-state index contributed by atoms with van der Waals surface area (Å²) >= 11 is 0. The lowest BCUT2D eigenvalue weighted by atomic mass is 10.0. The lowest BCUT2D eigenvalue weighted by molar-refractivity contribution is -0.167. The Bertz CT molecular complexity index is 1470. The zero-order chi connectivity index (χ0) is 59.9. The van der Waals surface area contributed by atoms with Crippen LogP contribution in [0, 0.1) is 0 Å². The van der Waals surface area contributed by atoms with Crippen molar-refractivity contribution in [3.05, 3.63) is 60.8 Å². The number of unbranched alkanes of at least 4 members (excludes halogenated alkanes) is 47. The van der Waals surface area contributed by atoms with Crippen molar-refractivity contribution in [3.8, 4) is 0 Å². The van der Waals surface area contributed by atoms with Crippen molar-refractivity contribution in [1.82, 2.24) is 0 Å². The third-order valence-corrected chi connectivity index (χ3v) is 16.5. The summed E-state index contributed by atoms with van der Waals surface area (Å²) < 4.78 is 17.0. The maximum absolute atomic E-state index is 13.0. The zero-order valence-electron chi connectivity index (χ0n) is 55.7. The molecule has 0 aromatic carbocycles. The Kier molecular flexibility index (Phi) is 69.1. The summed E-state index contributed by atoms with van der Waals surface area (Å²) in [6.45, 7) is 6.56. The van der Waals surface area contributed by atoms with E-state index in [0.717, 1.165) is 83.5 Å². The second-order valence-electron chi connectivity index (χ2n) is 24.8. The first-order valence-corrected chi connectivity index (χ1v) is 36.8. The Balaban J connectivity index is 4.27. The molecule has 0 N–H and O–H groups in total. The SMILES string of the molecule is CC/C=C\C/C=C\C/C=C\C/C=C\CCCCC(=O)OCC(COC(=O)CCCCCCCCCCCCCCCCCCCCCCCCCCCCC)OC(=O)CCCCCCCCCCCCC/C=C\CCCCCCCCCC. The van der Waals surface area contributed by atoms with Crippen molar-refractivity contribution in [2.24, 2.45) is 0 Å². The van der Waals surface area contributed by atoms with Crippen LogP contribution in [0.25, 0.3) is 0 Å². The smallest absolute Gasteiger partial charge is 0.306 e. The van der Waals surface area contributed by atoms with E-state index in [1.165, 1.54) is 270 Å². The molecule has 0 aliphatic rings. The van der Waals surface area contributed by atoms with Crippen LogP contribution in [0.15, 0.2) is 60.8 Å². The number of allylic oxidation sites excluding steroid dienone is 10. The molecule has 0 aromatic rings. The summed E-state index contributed by atoms with van der Waals surface area (Å²) in [5, 5.41) is 0. The Morgan fingerprint density at radius 2 is 0.470 bits per heavy atom. The zero-order valence-corrected chi connectivity index (χ0v) is 55.7. The van der Waals surface area contributed by atoms with Gasteiger partial charge in [-0.15, -0.1) is 0 Å². The third kappa shape index (κ3) is 69.8. The van der Waals surface area contributed by atoms with Crippen molar-refractivity contribution in [2.45, 2.75) is 399 Å². The van der Waals surface area contributed by atoms with Crippen LogP contribution in [-0.2, 0) is 28.6 Å². The Morgan fingerprint density at radius 3 is 0.771 bits per heavy atom. The Labute approximate surface area is 517 Å². The number of carbonyl (C=O) groups excluding carboxylic acids is 3. The van der Waals surface area contributed by atoms with Gasteiger partial charge < -0.3 is 14.2 Å². The number of carbonyl (C=O) groups is 3. The number of ether oxygens (including phenoxy) is 3. The molecule has 6 heteroatoms. The molecule has 0 saturated carbocycles. The number of esters is 3. The van der Waals surface area contributed by atoms with Crippen LogP contribution in [0.5, 0.6) is 0 Å². The molecule has 0 radical (unpaired) electrons. The molecule has 1 atom stereocenters. The molecule has 0 aliphatic heterocycles. The predicted molar refractivity (Wildman–Crippen MR) is 362 cm³/mol. The van der Waals surface area contributed by atoms with Gasteiger partial charge in [0.25, 0.3) is 0 Å². The molecule has 0 aliphatic carbocycles. The van der Waals surface area contributed by atoms with Crippen molar-refractivity contribution >= 4 is 17.9 Å². The van der Waals surface area contributed by atoms with E-state index in [1.54, 1.807) is 0 Å². The van der Waals surface area contributed by atoms with Crippen LogP contribution in [-0.4, -0.2) is 37.2 Å². The van der Waals surface area contributed by atoms with Crippen LogP contribution < -0.4 is 0 Å². The molecule has 0 heterocycles. The topological polar surface area (TPSA) is 78.9 Å². The van der Waals surface area contributed by atoms with Gasteiger partial charge in [-0.2, -0.15) is 0 Å². The average molecular weight is 1160 g/mol. The van der Waals surface area contributed by atoms with E-state index in [2.05, 4.69) is 81.5 Å². The van der Waals surface area contributed by atoms with Crippen molar-refractivity contribution in [2.75, 3.05) is 13.2 Å². The van der Waals surface area contributed by atoms with Gasteiger partial charge in [-0.3, -0.25) is 14.4 Å². The highest BCUT2D eigenvalue weighted by molar-refractivity contribution is 5.71. The highest BCUT2D eigenvalue weighted by Crippen LogP contribution is 2.19. The monoisotopic (exact) mass is 1160 g/mol. The van der Waals surface area contributed by atoms with Crippen LogP contribution in [0.2, 0.25) is 0 Å². The normalized spacial score (nSPS) is 12.4. The molecular formula is C77H140O6. The maximum atomic E-state index is 13.0. The third-order valence-electron chi connectivity index (χ3n) is 16.5. The van der Waals surface area contributed by atoms with Crippen molar-refractivity contribution in [1.29, 1.82) is 0 Å². The van der Waals surface area contributed by atoms with Gasteiger partial charge in [-0.25, -0.2) is 0 Å². The Hall–Kier alpha value is -2.89. The molecule has 6 nitrogen and oxygen atoms in total. The molecule has 0 fully saturated rings. The van der Waals surface area contributed by atoms with Crippen LogP contribution in [0.1, 0.15) is 393 Å². The first-order chi connectivity index (χ1) is 41.0. The molecule has 0 rings (SSSR count). The van der Waals surface area contributed by atoms with Gasteiger partial charge in [0.2, 0.25) is 0 Å². The Morgan fingerprint density at radius 1 is 0.253 bits per heavy atom. The predicted octanol–water partition coefficient (Wildman–Crippen LogP) is 25.5. The summed E-state index contributed by atoms with van der Waals surface area (Å²) in [5.74, 6) is -0.903. The molecule has 0 saturated heterocycles. The number of hydrogen-bond acceptors (Lipinski definition) is 6. The van der Waals surface area contributed by atoms with E-state index in [-0.39, 0.29) is 31.1 Å². The van der Waals surface area contributed by atoms with E-state index in [9.17, 15) is 14.4 Å². The van der Waals surface area contributed by atoms with E-state index in [0.29, 0.717) is 19.3 Å². The van der Waals surface area contributed by atoms with Gasteiger partial charge in [0.15, 0.2) is 6.10 Å². The van der Waals surface area contributed by atoms with Gasteiger partial charge in [-0.1, -0.05) is 351 Å². The van der Waals surface area contributed by atoms with Gasteiger partial charge in [0, 0.05) is 19.3 Å². The van der Waals surface area contributed by atoms with Crippen molar-refractivity contribution < 1.29 is 28.6 Å². The lowest BCUT2D eigenvalue weighted by Gasteiger charge is -2.18. The summed E-state index contributed by atoms with van der Waals surface area (Å²) in [6.07, 6.45) is 92.7. The lowest BCUT2D eigenvalue weighted by Crippen LogP contribution is -2.30. The standard InChI is InChI=1S/C77H140O6/c1-4-7-10-13-16-19-22-25-28-30-32-34-36-37-38-39-41-42-44-46-49-52-55-58-61-64-67-70-76(79)82-73-74(72-81-75(78)69-66-63-60-57-54-51-48-27-24-21-18-15-12-9-6-3)83-77(80)71-68-65-62-59-56-53-50-47-45-43-40-35-33-31-29-26-23-20-17-14-11-8-5-2/h9,12,18,21,27,31,33,48,54,57,74H,4-8,10-11,13-17,19-20,22-26,28-30,32,34-47,49-53,55-56,58-73H2,1-3H3/b12-9-,21-18-,33-31-,48-27-,57-54-. The maximum Gasteiger partial charge on any atom is 0.306 e. The largest absolute Gasteiger partial charge is 0.462 e. The number of hydrogen-bond donors (Lipinski definition) is 0.